The topological polar surface area (TPSA) is 24.1 Å². The van der Waals surface area contributed by atoms with Crippen molar-refractivity contribution in [1.29, 1.82) is 0 Å². The Labute approximate surface area is 130 Å². The van der Waals surface area contributed by atoms with Gasteiger partial charge >= 0.3 is 0 Å². The molecule has 0 bridgehead atoms. The van der Waals surface area contributed by atoms with Crippen LogP contribution in [0.5, 0.6) is 0 Å². The van der Waals surface area contributed by atoms with Crippen LogP contribution in [0.4, 0.5) is 0 Å². The van der Waals surface area contributed by atoms with E-state index in [2.05, 4.69) is 34.9 Å². The average Bonchev–Trinajstić information content (AvgIpc) is 2.40. The molecule has 0 fully saturated rings. The first kappa shape index (κ1) is 15.3. The Hall–Kier alpha value is -1.06. The summed E-state index contributed by atoms with van der Waals surface area (Å²) in [5.74, 6) is 0. The van der Waals surface area contributed by atoms with Crippen molar-refractivity contribution >= 4 is 23.2 Å². The molecule has 0 heterocycles. The lowest BCUT2D eigenvalue weighted by molar-refractivity contribution is 0.693. The number of rotatable bonds is 6. The van der Waals surface area contributed by atoms with Gasteiger partial charge in [0.25, 0.3) is 0 Å². The standard InChI is InChI=1S/C16H18Cl2N2/c1-19-9-12-2-4-13(5-3-12)10-20-11-14-6-15(17)8-16(18)7-14/h2-8,19-20H,9-11H2,1H3. The summed E-state index contributed by atoms with van der Waals surface area (Å²) in [5, 5.41) is 7.87. The molecule has 0 radical (unpaired) electrons. The predicted octanol–water partition coefficient (Wildman–Crippen LogP) is 4.00. The Morgan fingerprint density at radius 2 is 1.25 bits per heavy atom. The van der Waals surface area contributed by atoms with Gasteiger partial charge in [0.15, 0.2) is 0 Å². The quantitative estimate of drug-likeness (QED) is 0.843. The molecule has 2 rings (SSSR count). The van der Waals surface area contributed by atoms with E-state index in [-0.39, 0.29) is 0 Å². The van der Waals surface area contributed by atoms with Crippen LogP contribution in [0.25, 0.3) is 0 Å². The van der Waals surface area contributed by atoms with Crippen molar-refractivity contribution in [2.75, 3.05) is 7.05 Å². The fraction of sp³-hybridized carbons (Fsp3) is 0.250. The van der Waals surface area contributed by atoms with Crippen LogP contribution in [-0.4, -0.2) is 7.05 Å². The summed E-state index contributed by atoms with van der Waals surface area (Å²) >= 11 is 12.0. The maximum absolute atomic E-state index is 5.98. The second-order valence-corrected chi connectivity index (χ2v) is 5.60. The van der Waals surface area contributed by atoms with E-state index >= 15 is 0 Å². The Bertz CT molecular complexity index is 533. The van der Waals surface area contributed by atoms with Gasteiger partial charge in [-0.3, -0.25) is 0 Å². The van der Waals surface area contributed by atoms with Gasteiger partial charge in [-0.05, 0) is 41.9 Å². The fourth-order valence-corrected chi connectivity index (χ4v) is 2.61. The van der Waals surface area contributed by atoms with E-state index in [1.54, 1.807) is 6.07 Å². The van der Waals surface area contributed by atoms with Crippen molar-refractivity contribution in [3.8, 4) is 0 Å². The molecule has 0 aliphatic heterocycles. The van der Waals surface area contributed by atoms with E-state index in [1.165, 1.54) is 11.1 Å². The molecule has 0 saturated carbocycles. The molecule has 0 amide bonds. The lowest BCUT2D eigenvalue weighted by atomic mass is 10.1. The predicted molar refractivity (Wildman–Crippen MR) is 86.2 cm³/mol. The van der Waals surface area contributed by atoms with Crippen molar-refractivity contribution in [2.45, 2.75) is 19.6 Å². The minimum atomic E-state index is 0.672. The smallest absolute Gasteiger partial charge is 0.0424 e. The molecule has 0 atom stereocenters. The number of nitrogens with one attached hydrogen (secondary N) is 2. The van der Waals surface area contributed by atoms with E-state index in [4.69, 9.17) is 23.2 Å². The monoisotopic (exact) mass is 308 g/mol. The third-order valence-electron chi connectivity index (χ3n) is 2.98. The highest BCUT2D eigenvalue weighted by Crippen LogP contribution is 2.19. The molecule has 0 spiro atoms. The van der Waals surface area contributed by atoms with Gasteiger partial charge in [-0.1, -0.05) is 47.5 Å². The summed E-state index contributed by atoms with van der Waals surface area (Å²) in [6.07, 6.45) is 0. The van der Waals surface area contributed by atoms with E-state index in [0.29, 0.717) is 10.0 Å². The van der Waals surface area contributed by atoms with Gasteiger partial charge in [-0.15, -0.1) is 0 Å². The number of hydrogen-bond donors (Lipinski definition) is 2. The SMILES string of the molecule is CNCc1ccc(CNCc2cc(Cl)cc(Cl)c2)cc1. The first-order valence-electron chi connectivity index (χ1n) is 6.55. The van der Waals surface area contributed by atoms with E-state index in [0.717, 1.165) is 25.2 Å². The van der Waals surface area contributed by atoms with Crippen LogP contribution < -0.4 is 10.6 Å². The first-order valence-corrected chi connectivity index (χ1v) is 7.31. The van der Waals surface area contributed by atoms with Crippen LogP contribution >= 0.6 is 23.2 Å². The molecule has 2 aromatic rings. The van der Waals surface area contributed by atoms with Gasteiger partial charge in [-0.25, -0.2) is 0 Å². The molecule has 0 aromatic heterocycles. The van der Waals surface area contributed by atoms with Gasteiger partial charge < -0.3 is 10.6 Å². The lowest BCUT2D eigenvalue weighted by Crippen LogP contribution is -2.13. The molecule has 2 nitrogen and oxygen atoms in total. The van der Waals surface area contributed by atoms with Crippen molar-refractivity contribution in [3.63, 3.8) is 0 Å². The Kier molecular flexibility index (Phi) is 5.86. The molecular formula is C16H18Cl2N2. The third kappa shape index (κ3) is 4.80. The highest BCUT2D eigenvalue weighted by molar-refractivity contribution is 6.34. The van der Waals surface area contributed by atoms with Crippen molar-refractivity contribution < 1.29 is 0 Å². The maximum atomic E-state index is 5.98. The van der Waals surface area contributed by atoms with Crippen LogP contribution in [0.15, 0.2) is 42.5 Å². The van der Waals surface area contributed by atoms with E-state index in [1.807, 2.05) is 19.2 Å². The van der Waals surface area contributed by atoms with Crippen molar-refractivity contribution in [2.24, 2.45) is 0 Å². The van der Waals surface area contributed by atoms with Crippen molar-refractivity contribution in [3.05, 3.63) is 69.2 Å². The average molecular weight is 309 g/mol. The zero-order chi connectivity index (χ0) is 14.4. The summed E-state index contributed by atoms with van der Waals surface area (Å²) < 4.78 is 0. The summed E-state index contributed by atoms with van der Waals surface area (Å²) in [6.45, 7) is 2.47. The maximum Gasteiger partial charge on any atom is 0.0424 e. The van der Waals surface area contributed by atoms with Crippen LogP contribution in [0, 0.1) is 0 Å². The van der Waals surface area contributed by atoms with Gasteiger partial charge in [0, 0.05) is 29.7 Å². The first-order chi connectivity index (χ1) is 9.67. The molecule has 0 aliphatic carbocycles. The highest BCUT2D eigenvalue weighted by Gasteiger charge is 1.99. The second kappa shape index (κ2) is 7.65. The Morgan fingerprint density at radius 3 is 1.80 bits per heavy atom. The van der Waals surface area contributed by atoms with E-state index < -0.39 is 0 Å². The molecule has 20 heavy (non-hydrogen) atoms. The summed E-state index contributed by atoms with van der Waals surface area (Å²) in [4.78, 5) is 0. The van der Waals surface area contributed by atoms with Gasteiger partial charge in [-0.2, -0.15) is 0 Å². The van der Waals surface area contributed by atoms with Crippen LogP contribution in [0.1, 0.15) is 16.7 Å². The number of benzene rings is 2. The molecule has 0 aliphatic rings. The summed E-state index contributed by atoms with van der Waals surface area (Å²) in [6, 6.07) is 14.2. The van der Waals surface area contributed by atoms with Crippen LogP contribution in [-0.2, 0) is 19.6 Å². The zero-order valence-electron chi connectivity index (χ0n) is 11.4. The molecule has 0 saturated heterocycles. The Balaban J connectivity index is 1.86. The lowest BCUT2D eigenvalue weighted by Gasteiger charge is -2.07. The van der Waals surface area contributed by atoms with Gasteiger partial charge in [0.05, 0.1) is 0 Å². The molecule has 0 unspecified atom stereocenters. The second-order valence-electron chi connectivity index (χ2n) is 4.73. The van der Waals surface area contributed by atoms with Crippen molar-refractivity contribution in [1.82, 2.24) is 10.6 Å². The molecular weight excluding hydrogens is 291 g/mol. The molecule has 2 N–H and O–H groups in total. The van der Waals surface area contributed by atoms with Gasteiger partial charge in [0.1, 0.15) is 0 Å². The fourth-order valence-electron chi connectivity index (χ4n) is 2.04. The van der Waals surface area contributed by atoms with E-state index in [9.17, 15) is 0 Å². The normalized spacial score (nSPS) is 10.8. The molecule has 4 heteroatoms. The highest BCUT2D eigenvalue weighted by atomic mass is 35.5. The third-order valence-corrected chi connectivity index (χ3v) is 3.42. The number of halogens is 2. The minimum absolute atomic E-state index is 0.672. The zero-order valence-corrected chi connectivity index (χ0v) is 12.9. The van der Waals surface area contributed by atoms with Gasteiger partial charge in [0.2, 0.25) is 0 Å². The van der Waals surface area contributed by atoms with Crippen LogP contribution in [0.3, 0.4) is 0 Å². The Morgan fingerprint density at radius 1 is 0.750 bits per heavy atom. The minimum Gasteiger partial charge on any atom is -0.316 e. The number of hydrogen-bond acceptors (Lipinski definition) is 2. The molecule has 2 aromatic carbocycles. The summed E-state index contributed by atoms with van der Waals surface area (Å²) in [7, 11) is 1.95. The van der Waals surface area contributed by atoms with Crippen LogP contribution in [0.2, 0.25) is 10.0 Å². The molecule has 106 valence electrons. The summed E-state index contributed by atoms with van der Waals surface area (Å²) in [5.41, 5.74) is 3.64. The largest absolute Gasteiger partial charge is 0.316 e.